The zero-order valence-corrected chi connectivity index (χ0v) is 13.1. The SMILES string of the molecule is COC(=O)c1ccc(NC(=O)C[NH2+]C2CCCCCC2)cc1. The quantitative estimate of drug-likeness (QED) is 0.642. The van der Waals surface area contributed by atoms with E-state index in [1.807, 2.05) is 0 Å². The molecule has 0 aromatic heterocycles. The van der Waals surface area contributed by atoms with Crippen LogP contribution in [0.5, 0.6) is 0 Å². The molecule has 120 valence electrons. The Labute approximate surface area is 131 Å². The monoisotopic (exact) mass is 305 g/mol. The molecular weight excluding hydrogens is 280 g/mol. The summed E-state index contributed by atoms with van der Waals surface area (Å²) in [6, 6.07) is 7.31. The van der Waals surface area contributed by atoms with E-state index in [0.29, 0.717) is 23.8 Å². The van der Waals surface area contributed by atoms with Crippen LogP contribution in [0.2, 0.25) is 0 Å². The van der Waals surface area contributed by atoms with E-state index in [2.05, 4.69) is 15.4 Å². The Morgan fingerprint density at radius 2 is 1.77 bits per heavy atom. The maximum Gasteiger partial charge on any atom is 0.337 e. The third-order valence-corrected chi connectivity index (χ3v) is 4.13. The number of rotatable bonds is 5. The van der Waals surface area contributed by atoms with Crippen molar-refractivity contribution in [3.05, 3.63) is 29.8 Å². The molecule has 0 aliphatic heterocycles. The number of hydrogen-bond acceptors (Lipinski definition) is 3. The normalized spacial score (nSPS) is 15.9. The Bertz CT molecular complexity index is 491. The van der Waals surface area contributed by atoms with Crippen molar-refractivity contribution in [3.63, 3.8) is 0 Å². The molecule has 1 aromatic carbocycles. The molecule has 0 heterocycles. The Hall–Kier alpha value is -1.88. The summed E-state index contributed by atoms with van der Waals surface area (Å²) in [6.07, 6.45) is 7.62. The molecule has 1 amide bonds. The minimum atomic E-state index is -0.375. The van der Waals surface area contributed by atoms with Crippen LogP contribution in [0.1, 0.15) is 48.9 Å². The average molecular weight is 305 g/mol. The van der Waals surface area contributed by atoms with E-state index < -0.39 is 0 Å². The van der Waals surface area contributed by atoms with Crippen molar-refractivity contribution in [1.29, 1.82) is 0 Å². The molecule has 0 bridgehead atoms. The van der Waals surface area contributed by atoms with E-state index in [1.54, 1.807) is 24.3 Å². The van der Waals surface area contributed by atoms with Gasteiger partial charge in [0.05, 0.1) is 18.7 Å². The van der Waals surface area contributed by atoms with Gasteiger partial charge in [0.1, 0.15) is 0 Å². The fourth-order valence-electron chi connectivity index (χ4n) is 2.84. The highest BCUT2D eigenvalue weighted by Gasteiger charge is 2.16. The Morgan fingerprint density at radius 3 is 2.36 bits per heavy atom. The van der Waals surface area contributed by atoms with Crippen molar-refractivity contribution >= 4 is 17.6 Å². The predicted molar refractivity (Wildman–Crippen MR) is 84.7 cm³/mol. The van der Waals surface area contributed by atoms with Gasteiger partial charge >= 0.3 is 5.97 Å². The van der Waals surface area contributed by atoms with Crippen molar-refractivity contribution in [2.45, 2.75) is 44.6 Å². The van der Waals surface area contributed by atoms with Gasteiger partial charge in [-0.05, 0) is 49.9 Å². The number of benzene rings is 1. The molecule has 0 saturated heterocycles. The topological polar surface area (TPSA) is 72.0 Å². The Morgan fingerprint density at radius 1 is 1.14 bits per heavy atom. The molecule has 0 spiro atoms. The van der Waals surface area contributed by atoms with Gasteiger partial charge < -0.3 is 15.4 Å². The summed E-state index contributed by atoms with van der Waals surface area (Å²) in [5.74, 6) is -0.380. The molecule has 5 heteroatoms. The van der Waals surface area contributed by atoms with Crippen LogP contribution in [0.4, 0.5) is 5.69 Å². The summed E-state index contributed by atoms with van der Waals surface area (Å²) < 4.78 is 4.64. The number of nitrogens with two attached hydrogens (primary N) is 1. The number of ether oxygens (including phenoxy) is 1. The van der Waals surface area contributed by atoms with Gasteiger partial charge in [-0.25, -0.2) is 4.79 Å². The standard InChI is InChI=1S/C17H24N2O3/c1-22-17(21)13-8-10-15(11-9-13)19-16(20)12-18-14-6-4-2-3-5-7-14/h8-11,14,18H,2-7,12H2,1H3,(H,19,20)/p+1. The van der Waals surface area contributed by atoms with Crippen molar-refractivity contribution in [2.24, 2.45) is 0 Å². The molecule has 2 rings (SSSR count). The van der Waals surface area contributed by atoms with Crippen LogP contribution < -0.4 is 10.6 Å². The summed E-state index contributed by atoms with van der Waals surface area (Å²) in [4.78, 5) is 23.3. The number of carbonyl (C=O) groups is 2. The summed E-state index contributed by atoms with van der Waals surface area (Å²) >= 11 is 0. The second kappa shape index (κ2) is 8.54. The van der Waals surface area contributed by atoms with Crippen LogP contribution in [-0.4, -0.2) is 31.6 Å². The number of anilines is 1. The third-order valence-electron chi connectivity index (χ3n) is 4.13. The van der Waals surface area contributed by atoms with Gasteiger partial charge in [0.15, 0.2) is 6.54 Å². The molecule has 1 aromatic rings. The third kappa shape index (κ3) is 5.15. The Kier molecular flexibility index (Phi) is 6.40. The van der Waals surface area contributed by atoms with Crippen LogP contribution in [0, 0.1) is 0 Å². The van der Waals surface area contributed by atoms with Crippen LogP contribution in [-0.2, 0) is 9.53 Å². The van der Waals surface area contributed by atoms with Gasteiger partial charge in [-0.1, -0.05) is 12.8 Å². The van der Waals surface area contributed by atoms with Gasteiger partial charge in [-0.3, -0.25) is 4.79 Å². The lowest BCUT2D eigenvalue weighted by Gasteiger charge is -2.12. The number of amides is 1. The highest BCUT2D eigenvalue weighted by molar-refractivity contribution is 5.93. The van der Waals surface area contributed by atoms with E-state index in [4.69, 9.17) is 0 Å². The van der Waals surface area contributed by atoms with Crippen molar-refractivity contribution in [3.8, 4) is 0 Å². The highest BCUT2D eigenvalue weighted by Crippen LogP contribution is 2.14. The molecule has 1 aliphatic carbocycles. The number of carbonyl (C=O) groups excluding carboxylic acids is 2. The first-order valence-electron chi connectivity index (χ1n) is 8.00. The zero-order valence-electron chi connectivity index (χ0n) is 13.1. The maximum absolute atomic E-state index is 12.0. The first kappa shape index (κ1) is 16.5. The van der Waals surface area contributed by atoms with Crippen LogP contribution in [0.25, 0.3) is 0 Å². The minimum absolute atomic E-state index is 0.00457. The molecule has 3 N–H and O–H groups in total. The number of nitrogens with one attached hydrogen (secondary N) is 1. The number of esters is 1. The summed E-state index contributed by atoms with van der Waals surface area (Å²) in [7, 11) is 1.35. The molecule has 1 fully saturated rings. The summed E-state index contributed by atoms with van der Waals surface area (Å²) in [5.41, 5.74) is 1.18. The van der Waals surface area contributed by atoms with E-state index in [-0.39, 0.29) is 11.9 Å². The van der Waals surface area contributed by atoms with Gasteiger partial charge in [0.25, 0.3) is 5.91 Å². The van der Waals surface area contributed by atoms with Crippen molar-refractivity contribution < 1.29 is 19.6 Å². The van der Waals surface area contributed by atoms with E-state index in [9.17, 15) is 9.59 Å². The van der Waals surface area contributed by atoms with Gasteiger partial charge in [0.2, 0.25) is 0 Å². The second-order valence-corrected chi connectivity index (χ2v) is 5.81. The number of methoxy groups -OCH3 is 1. The molecule has 22 heavy (non-hydrogen) atoms. The second-order valence-electron chi connectivity index (χ2n) is 5.81. The first-order valence-corrected chi connectivity index (χ1v) is 8.00. The number of hydrogen-bond donors (Lipinski definition) is 2. The molecule has 5 nitrogen and oxygen atoms in total. The largest absolute Gasteiger partial charge is 0.465 e. The first-order chi connectivity index (χ1) is 10.7. The van der Waals surface area contributed by atoms with Gasteiger partial charge in [-0.15, -0.1) is 0 Å². The van der Waals surface area contributed by atoms with Gasteiger partial charge in [0, 0.05) is 5.69 Å². The fourth-order valence-corrected chi connectivity index (χ4v) is 2.84. The zero-order chi connectivity index (χ0) is 15.8. The van der Waals surface area contributed by atoms with E-state index >= 15 is 0 Å². The lowest BCUT2D eigenvalue weighted by Crippen LogP contribution is -2.91. The van der Waals surface area contributed by atoms with E-state index in [0.717, 1.165) is 0 Å². The highest BCUT2D eigenvalue weighted by atomic mass is 16.5. The molecule has 0 unspecified atom stereocenters. The molecule has 0 atom stereocenters. The van der Waals surface area contributed by atoms with Crippen molar-refractivity contribution in [2.75, 3.05) is 19.0 Å². The molecular formula is C17H25N2O3+. The van der Waals surface area contributed by atoms with Gasteiger partial charge in [-0.2, -0.15) is 0 Å². The van der Waals surface area contributed by atoms with Crippen LogP contribution in [0.3, 0.4) is 0 Å². The van der Waals surface area contributed by atoms with Crippen molar-refractivity contribution in [1.82, 2.24) is 0 Å². The molecule has 1 saturated carbocycles. The average Bonchev–Trinajstić information content (AvgIpc) is 2.81. The number of quaternary nitrogens is 1. The molecule has 1 aliphatic rings. The lowest BCUT2D eigenvalue weighted by molar-refractivity contribution is -0.680. The maximum atomic E-state index is 12.0. The lowest BCUT2D eigenvalue weighted by atomic mass is 10.1. The summed E-state index contributed by atoms with van der Waals surface area (Å²) in [6.45, 7) is 0.448. The van der Waals surface area contributed by atoms with E-state index in [1.165, 1.54) is 45.6 Å². The minimum Gasteiger partial charge on any atom is -0.465 e. The van der Waals surface area contributed by atoms with Crippen LogP contribution >= 0.6 is 0 Å². The fraction of sp³-hybridized carbons (Fsp3) is 0.529. The smallest absolute Gasteiger partial charge is 0.337 e. The Balaban J connectivity index is 1.77. The van der Waals surface area contributed by atoms with Crippen LogP contribution in [0.15, 0.2) is 24.3 Å². The predicted octanol–water partition coefficient (Wildman–Crippen LogP) is 1.70. The summed E-state index contributed by atoms with van der Waals surface area (Å²) in [5, 5.41) is 5.02. The molecule has 0 radical (unpaired) electrons.